The van der Waals surface area contributed by atoms with E-state index in [-0.39, 0.29) is 30.3 Å². The lowest BCUT2D eigenvalue weighted by atomic mass is 9.65. The molecule has 0 bridgehead atoms. The summed E-state index contributed by atoms with van der Waals surface area (Å²) < 4.78 is 197. The first-order valence-electron chi connectivity index (χ1n) is 11.2. The van der Waals surface area contributed by atoms with Crippen molar-refractivity contribution in [1.29, 1.82) is 0 Å². The van der Waals surface area contributed by atoms with E-state index in [4.69, 9.17) is 9.14 Å². The summed E-state index contributed by atoms with van der Waals surface area (Å²) in [6, 6.07) is 0.651. The Balaban J connectivity index is 2.09. The molecular weight excluding hydrogens is 627 g/mol. The molecule has 0 saturated heterocycles. The summed E-state index contributed by atoms with van der Waals surface area (Å²) in [5.74, 6) is -2.93. The maximum atomic E-state index is 14.5. The Bertz CT molecular complexity index is 1370. The highest BCUT2D eigenvalue weighted by molar-refractivity contribution is 6.79. The van der Waals surface area contributed by atoms with Crippen molar-refractivity contribution in [1.82, 2.24) is 0 Å². The van der Waals surface area contributed by atoms with Crippen LogP contribution in [0.1, 0.15) is 22.3 Å². The van der Waals surface area contributed by atoms with E-state index in [0.29, 0.717) is 12.1 Å². The minimum Gasteiger partial charge on any atom is -0.444 e. The molecule has 0 aliphatic carbocycles. The number of alkyl halides is 12. The van der Waals surface area contributed by atoms with Gasteiger partial charge in [-0.05, 0) is 29.1 Å². The van der Waals surface area contributed by atoms with Crippen LogP contribution >= 0.6 is 0 Å². The smallest absolute Gasteiger partial charge is 0.444 e. The molecular formula is C22H11B3F14O4. The summed E-state index contributed by atoms with van der Waals surface area (Å²) in [5, 5.41) is 20.7. The third kappa shape index (κ3) is 8.21. The van der Waals surface area contributed by atoms with E-state index in [2.05, 4.69) is 0 Å². The van der Waals surface area contributed by atoms with E-state index < -0.39 is 108 Å². The summed E-state index contributed by atoms with van der Waals surface area (Å²) in [5.41, 5.74) is -11.8. The Hall–Kier alpha value is -3.29. The van der Waals surface area contributed by atoms with E-state index in [1.54, 1.807) is 0 Å². The van der Waals surface area contributed by atoms with Crippen molar-refractivity contribution >= 4 is 37.7 Å². The fraction of sp³-hybridized carbons (Fsp3) is 0.182. The molecule has 0 aliphatic rings. The lowest BCUT2D eigenvalue weighted by Gasteiger charge is -2.23. The van der Waals surface area contributed by atoms with Crippen LogP contribution < -0.4 is 16.4 Å². The molecule has 21 heteroatoms. The van der Waals surface area contributed by atoms with Gasteiger partial charge in [-0.2, -0.15) is 52.7 Å². The van der Waals surface area contributed by atoms with Crippen molar-refractivity contribution in [2.24, 2.45) is 0 Å². The van der Waals surface area contributed by atoms with E-state index in [1.807, 2.05) is 0 Å². The first-order chi connectivity index (χ1) is 19.5. The molecule has 0 saturated carbocycles. The van der Waals surface area contributed by atoms with Crippen LogP contribution in [-0.4, -0.2) is 31.4 Å². The van der Waals surface area contributed by atoms with E-state index in [9.17, 15) is 71.5 Å². The van der Waals surface area contributed by atoms with E-state index >= 15 is 0 Å². The third-order valence-corrected chi connectivity index (χ3v) is 5.63. The zero-order chi connectivity index (χ0) is 32.7. The van der Waals surface area contributed by atoms with Crippen molar-refractivity contribution in [3.05, 3.63) is 88.5 Å². The molecule has 0 fully saturated rings. The maximum absolute atomic E-state index is 14.5. The zero-order valence-corrected chi connectivity index (χ0v) is 20.4. The van der Waals surface area contributed by atoms with Gasteiger partial charge >= 0.3 is 46.1 Å². The first kappa shape index (κ1) is 34.2. The molecule has 3 aromatic carbocycles. The molecule has 3 aromatic rings. The molecule has 0 atom stereocenters. The molecule has 43 heavy (non-hydrogen) atoms. The van der Waals surface area contributed by atoms with Crippen LogP contribution in [0.4, 0.5) is 61.5 Å². The molecule has 4 nitrogen and oxygen atoms in total. The van der Waals surface area contributed by atoms with Crippen LogP contribution in [0, 0.1) is 11.6 Å². The predicted octanol–water partition coefficient (Wildman–Crippen LogP) is 4.54. The third-order valence-electron chi connectivity index (χ3n) is 5.63. The highest BCUT2D eigenvalue weighted by Gasteiger charge is 2.45. The maximum Gasteiger partial charge on any atom is 0.478 e. The summed E-state index contributed by atoms with van der Waals surface area (Å²) >= 11 is 0. The summed E-state index contributed by atoms with van der Waals surface area (Å²) in [6.45, 7) is 0. The first-order valence-corrected chi connectivity index (χ1v) is 11.2. The monoisotopic (exact) mass is 638 g/mol. The van der Waals surface area contributed by atoms with Gasteiger partial charge in [0.1, 0.15) is 11.6 Å². The second kappa shape index (κ2) is 12.0. The molecule has 0 aromatic heterocycles. The van der Waals surface area contributed by atoms with Crippen molar-refractivity contribution < 1.29 is 80.7 Å². The van der Waals surface area contributed by atoms with Gasteiger partial charge in [0.15, 0.2) is 0 Å². The largest absolute Gasteiger partial charge is 0.478 e. The van der Waals surface area contributed by atoms with Gasteiger partial charge < -0.3 is 19.2 Å². The van der Waals surface area contributed by atoms with Crippen LogP contribution in [0.25, 0.3) is 0 Å². The van der Waals surface area contributed by atoms with Gasteiger partial charge in [-0.3, -0.25) is 0 Å². The highest BCUT2D eigenvalue weighted by atomic mass is 19.4. The van der Waals surface area contributed by atoms with Crippen LogP contribution in [0.5, 0.6) is 0 Å². The van der Waals surface area contributed by atoms with Crippen molar-refractivity contribution in [2.45, 2.75) is 24.7 Å². The molecule has 0 heterocycles. The molecule has 230 valence electrons. The van der Waals surface area contributed by atoms with Gasteiger partial charge in [0, 0.05) is 11.5 Å². The van der Waals surface area contributed by atoms with Crippen molar-refractivity contribution in [3.63, 3.8) is 0 Å². The Kier molecular flexibility index (Phi) is 9.55. The molecule has 0 amide bonds. The van der Waals surface area contributed by atoms with Gasteiger partial charge in [0.2, 0.25) is 0 Å². The Labute approximate surface area is 232 Å². The molecule has 2 N–H and O–H groups in total. The van der Waals surface area contributed by atoms with Crippen molar-refractivity contribution in [3.8, 4) is 0 Å². The quantitative estimate of drug-likeness (QED) is 0.295. The van der Waals surface area contributed by atoms with Crippen LogP contribution in [0.3, 0.4) is 0 Å². The average Bonchev–Trinajstić information content (AvgIpc) is 2.85. The Morgan fingerprint density at radius 2 is 0.860 bits per heavy atom. The highest BCUT2D eigenvalue weighted by Crippen LogP contribution is 2.36. The number of benzene rings is 3. The average molecular weight is 638 g/mol. The lowest BCUT2D eigenvalue weighted by molar-refractivity contribution is -0.144. The van der Waals surface area contributed by atoms with Crippen LogP contribution in [-0.2, 0) is 33.8 Å². The van der Waals surface area contributed by atoms with E-state index in [0.717, 1.165) is 0 Å². The normalized spacial score (nSPS) is 12.8. The number of hydrogen-bond donors (Lipinski definition) is 2. The van der Waals surface area contributed by atoms with Crippen molar-refractivity contribution in [2.75, 3.05) is 0 Å². The van der Waals surface area contributed by atoms with Gasteiger partial charge in [-0.1, -0.05) is 30.3 Å². The van der Waals surface area contributed by atoms with Crippen LogP contribution in [0.15, 0.2) is 54.6 Å². The molecule has 0 spiro atoms. The Morgan fingerprint density at radius 1 is 0.488 bits per heavy atom. The van der Waals surface area contributed by atoms with Gasteiger partial charge in [0.05, 0.1) is 22.3 Å². The minimum absolute atomic E-state index is 0.0954. The fourth-order valence-electron chi connectivity index (χ4n) is 3.64. The molecule has 0 aliphatic heterocycles. The topological polar surface area (TPSA) is 58.9 Å². The predicted molar refractivity (Wildman–Crippen MR) is 122 cm³/mol. The fourth-order valence-corrected chi connectivity index (χ4v) is 3.64. The Morgan fingerprint density at radius 3 is 1.19 bits per heavy atom. The van der Waals surface area contributed by atoms with Gasteiger partial charge in [0.25, 0.3) is 0 Å². The molecule has 0 radical (unpaired) electrons. The molecule has 0 unspecified atom stereocenters. The van der Waals surface area contributed by atoms with Crippen LogP contribution in [0.2, 0.25) is 0 Å². The van der Waals surface area contributed by atoms with Gasteiger partial charge in [-0.25, -0.2) is 8.78 Å². The minimum atomic E-state index is -5.57. The SMILES string of the molecule is OB(OB(OB(O)c1ccc(C(F)(F)F)cc1C(F)(F)F)c1ccc(F)cc1F)c1ccc(C(F)(F)F)cc1C(F)(F)F. The lowest BCUT2D eigenvalue weighted by Crippen LogP contribution is -2.54. The molecule has 3 rings (SSSR count). The zero-order valence-electron chi connectivity index (χ0n) is 20.4. The standard InChI is InChI=1S/C22H11B3F14O4/c26-12-3-6-17(18(27)9-12)25(42-23(40)15-4-1-10(19(28,29)30)7-13(15)21(34,35)36)43-24(41)16-5-2-11(20(31,32)33)8-14(16)22(37,38)39/h1-9,40-41H. The van der Waals surface area contributed by atoms with E-state index in [1.165, 1.54) is 0 Å². The summed E-state index contributed by atoms with van der Waals surface area (Å²) in [6.07, 6.45) is -21.7. The van der Waals surface area contributed by atoms with Gasteiger partial charge in [-0.15, -0.1) is 0 Å². The summed E-state index contributed by atoms with van der Waals surface area (Å²) in [4.78, 5) is 0. The number of rotatable bonds is 7. The summed E-state index contributed by atoms with van der Waals surface area (Å²) in [7, 11) is -8.72. The number of halogens is 14. The second-order valence-corrected chi connectivity index (χ2v) is 8.57. The number of hydrogen-bond acceptors (Lipinski definition) is 4. The second-order valence-electron chi connectivity index (χ2n) is 8.57.